The van der Waals surface area contributed by atoms with Crippen LogP contribution in [0.3, 0.4) is 0 Å². The molecule has 2 fully saturated rings. The van der Waals surface area contributed by atoms with Gasteiger partial charge >= 0.3 is 0 Å². The number of amides is 3. The first kappa shape index (κ1) is 18.4. The zero-order valence-corrected chi connectivity index (χ0v) is 15.2. The number of likely N-dealkylation sites (tertiary alicyclic amines) is 1. The van der Waals surface area contributed by atoms with Crippen LogP contribution in [0.5, 0.6) is 5.75 Å². The van der Waals surface area contributed by atoms with E-state index in [0.717, 1.165) is 41.9 Å². The van der Waals surface area contributed by atoms with Gasteiger partial charge in [0.1, 0.15) is 12.3 Å². The fourth-order valence-electron chi connectivity index (χ4n) is 3.78. The standard InChI is InChI=1S/C20H26N2O4/c1-14-6-4-7-15(12-14)26-11-5-10-21-18(23)13-22-19(24)16-8-2-3-9-17(16)20(22)25/h4,6-7,12,16-17H,2-3,5,8-11,13H2,1H3,(H,21,23)/t16-,17-/m1/s1. The van der Waals surface area contributed by atoms with Crippen molar-refractivity contribution in [3.05, 3.63) is 29.8 Å². The van der Waals surface area contributed by atoms with Gasteiger partial charge in [0, 0.05) is 6.54 Å². The molecule has 26 heavy (non-hydrogen) atoms. The van der Waals surface area contributed by atoms with Crippen LogP contribution in [-0.4, -0.2) is 42.3 Å². The van der Waals surface area contributed by atoms with Gasteiger partial charge in [0.2, 0.25) is 17.7 Å². The van der Waals surface area contributed by atoms with E-state index in [1.54, 1.807) is 0 Å². The van der Waals surface area contributed by atoms with Gasteiger partial charge in [0.15, 0.2) is 0 Å². The minimum atomic E-state index is -0.291. The zero-order chi connectivity index (χ0) is 18.5. The number of aryl methyl sites for hydroxylation is 1. The molecule has 1 aliphatic heterocycles. The lowest BCUT2D eigenvalue weighted by molar-refractivity contribution is -0.143. The van der Waals surface area contributed by atoms with E-state index in [1.165, 1.54) is 0 Å². The molecule has 1 aromatic carbocycles. The van der Waals surface area contributed by atoms with Crippen molar-refractivity contribution in [3.63, 3.8) is 0 Å². The number of rotatable bonds is 7. The topological polar surface area (TPSA) is 75.7 Å². The van der Waals surface area contributed by atoms with E-state index in [9.17, 15) is 14.4 Å². The highest BCUT2D eigenvalue weighted by Crippen LogP contribution is 2.37. The predicted molar refractivity (Wildman–Crippen MR) is 96.5 cm³/mol. The van der Waals surface area contributed by atoms with E-state index in [0.29, 0.717) is 19.6 Å². The van der Waals surface area contributed by atoms with E-state index in [-0.39, 0.29) is 36.1 Å². The van der Waals surface area contributed by atoms with Crippen LogP contribution in [0.1, 0.15) is 37.7 Å². The molecule has 6 nitrogen and oxygen atoms in total. The van der Waals surface area contributed by atoms with E-state index in [1.807, 2.05) is 31.2 Å². The van der Waals surface area contributed by atoms with Crippen LogP contribution in [0.4, 0.5) is 0 Å². The van der Waals surface area contributed by atoms with Gasteiger partial charge in [-0.25, -0.2) is 0 Å². The third kappa shape index (κ3) is 4.23. The van der Waals surface area contributed by atoms with Crippen molar-refractivity contribution in [1.82, 2.24) is 10.2 Å². The Balaban J connectivity index is 1.37. The van der Waals surface area contributed by atoms with Crippen LogP contribution < -0.4 is 10.1 Å². The Morgan fingerprint density at radius 3 is 2.54 bits per heavy atom. The van der Waals surface area contributed by atoms with Crippen LogP contribution in [-0.2, 0) is 14.4 Å². The van der Waals surface area contributed by atoms with Crippen molar-refractivity contribution in [1.29, 1.82) is 0 Å². The van der Waals surface area contributed by atoms with Crippen molar-refractivity contribution in [3.8, 4) is 5.75 Å². The average Bonchev–Trinajstić information content (AvgIpc) is 2.87. The Morgan fingerprint density at radius 1 is 1.19 bits per heavy atom. The second-order valence-electron chi connectivity index (χ2n) is 7.13. The van der Waals surface area contributed by atoms with Crippen molar-refractivity contribution in [2.75, 3.05) is 19.7 Å². The summed E-state index contributed by atoms with van der Waals surface area (Å²) in [6.45, 7) is 2.79. The normalized spacial score (nSPS) is 22.3. The van der Waals surface area contributed by atoms with E-state index in [4.69, 9.17) is 4.74 Å². The summed E-state index contributed by atoms with van der Waals surface area (Å²) in [6.07, 6.45) is 4.17. The molecule has 1 N–H and O–H groups in total. The summed E-state index contributed by atoms with van der Waals surface area (Å²) in [4.78, 5) is 37.9. The maximum Gasteiger partial charge on any atom is 0.240 e. The second kappa shape index (κ2) is 8.34. The van der Waals surface area contributed by atoms with Crippen LogP contribution in [0.25, 0.3) is 0 Å². The summed E-state index contributed by atoms with van der Waals surface area (Å²) in [7, 11) is 0. The first-order valence-corrected chi connectivity index (χ1v) is 9.37. The van der Waals surface area contributed by atoms with Crippen LogP contribution in [0.2, 0.25) is 0 Å². The minimum absolute atomic E-state index is 0.163. The molecule has 0 unspecified atom stereocenters. The lowest BCUT2D eigenvalue weighted by atomic mass is 9.81. The monoisotopic (exact) mass is 358 g/mol. The van der Waals surface area contributed by atoms with Crippen LogP contribution in [0, 0.1) is 18.8 Å². The largest absolute Gasteiger partial charge is 0.494 e. The lowest BCUT2D eigenvalue weighted by Crippen LogP contribution is -2.41. The highest BCUT2D eigenvalue weighted by Gasteiger charge is 2.48. The quantitative estimate of drug-likeness (QED) is 0.598. The summed E-state index contributed by atoms with van der Waals surface area (Å²) in [5.74, 6) is -0.220. The minimum Gasteiger partial charge on any atom is -0.494 e. The summed E-state index contributed by atoms with van der Waals surface area (Å²) in [5, 5.41) is 2.76. The van der Waals surface area contributed by atoms with Gasteiger partial charge < -0.3 is 10.1 Å². The number of nitrogens with zero attached hydrogens (tertiary/aromatic N) is 1. The number of carbonyl (C=O) groups is 3. The predicted octanol–water partition coefficient (Wildman–Crippen LogP) is 2.06. The van der Waals surface area contributed by atoms with Gasteiger partial charge in [0.25, 0.3) is 0 Å². The fraction of sp³-hybridized carbons (Fsp3) is 0.550. The SMILES string of the molecule is Cc1cccc(OCCCNC(=O)CN2C(=O)[C@@H]3CCCC[C@H]3C2=O)c1. The smallest absolute Gasteiger partial charge is 0.240 e. The van der Waals surface area contributed by atoms with Crippen LogP contribution >= 0.6 is 0 Å². The molecule has 0 bridgehead atoms. The molecule has 0 radical (unpaired) electrons. The molecule has 1 aliphatic carbocycles. The summed E-state index contributed by atoms with van der Waals surface area (Å²) in [6, 6.07) is 7.80. The van der Waals surface area contributed by atoms with Crippen LogP contribution in [0.15, 0.2) is 24.3 Å². The highest BCUT2D eigenvalue weighted by molar-refractivity contribution is 6.07. The molecule has 6 heteroatoms. The molecule has 140 valence electrons. The van der Waals surface area contributed by atoms with Crippen molar-refractivity contribution >= 4 is 17.7 Å². The Bertz CT molecular complexity index is 664. The molecule has 3 rings (SSSR count). The van der Waals surface area contributed by atoms with E-state index >= 15 is 0 Å². The number of hydrogen-bond donors (Lipinski definition) is 1. The number of fused-ring (bicyclic) bond motifs is 1. The van der Waals surface area contributed by atoms with Gasteiger partial charge in [-0.1, -0.05) is 25.0 Å². The molecule has 1 saturated carbocycles. The number of ether oxygens (including phenoxy) is 1. The summed E-state index contributed by atoms with van der Waals surface area (Å²) in [5.41, 5.74) is 1.14. The van der Waals surface area contributed by atoms with E-state index in [2.05, 4.69) is 5.32 Å². The van der Waals surface area contributed by atoms with Gasteiger partial charge in [-0.3, -0.25) is 19.3 Å². The van der Waals surface area contributed by atoms with E-state index < -0.39 is 0 Å². The third-order valence-corrected chi connectivity index (χ3v) is 5.14. The molecular formula is C20H26N2O4. The first-order valence-electron chi connectivity index (χ1n) is 9.37. The first-order chi connectivity index (χ1) is 12.6. The molecule has 2 atom stereocenters. The number of imide groups is 1. The number of hydrogen-bond acceptors (Lipinski definition) is 4. The Labute approximate surface area is 153 Å². The lowest BCUT2D eigenvalue weighted by Gasteiger charge is -2.19. The molecule has 3 amide bonds. The van der Waals surface area contributed by atoms with Gasteiger partial charge in [-0.15, -0.1) is 0 Å². The third-order valence-electron chi connectivity index (χ3n) is 5.14. The number of benzene rings is 1. The fourth-order valence-corrected chi connectivity index (χ4v) is 3.78. The Morgan fingerprint density at radius 2 is 1.88 bits per heavy atom. The maximum absolute atomic E-state index is 12.4. The van der Waals surface area contributed by atoms with Gasteiger partial charge in [0.05, 0.1) is 18.4 Å². The molecule has 2 aliphatic rings. The highest BCUT2D eigenvalue weighted by atomic mass is 16.5. The van der Waals surface area contributed by atoms with Gasteiger partial charge in [-0.2, -0.15) is 0 Å². The molecule has 1 heterocycles. The molecular weight excluding hydrogens is 332 g/mol. The molecule has 1 saturated heterocycles. The van der Waals surface area contributed by atoms with Gasteiger partial charge in [-0.05, 0) is 43.9 Å². The number of carbonyl (C=O) groups excluding carboxylic acids is 3. The Kier molecular flexibility index (Phi) is 5.91. The van der Waals surface area contributed by atoms with Crippen molar-refractivity contribution in [2.45, 2.75) is 39.0 Å². The summed E-state index contributed by atoms with van der Waals surface area (Å²) < 4.78 is 5.63. The Hall–Kier alpha value is -2.37. The zero-order valence-electron chi connectivity index (χ0n) is 15.2. The number of nitrogens with one attached hydrogen (secondary N) is 1. The second-order valence-corrected chi connectivity index (χ2v) is 7.13. The molecule has 0 spiro atoms. The summed E-state index contributed by atoms with van der Waals surface area (Å²) >= 11 is 0. The molecule has 1 aromatic rings. The molecule has 0 aromatic heterocycles. The maximum atomic E-state index is 12.4. The average molecular weight is 358 g/mol. The van der Waals surface area contributed by atoms with Crippen molar-refractivity contribution in [2.24, 2.45) is 11.8 Å². The van der Waals surface area contributed by atoms with Crippen molar-refractivity contribution < 1.29 is 19.1 Å².